The summed E-state index contributed by atoms with van der Waals surface area (Å²) >= 11 is 7.77. The number of thiazole rings is 1. The van der Waals surface area contributed by atoms with Gasteiger partial charge in [-0.2, -0.15) is 0 Å². The van der Waals surface area contributed by atoms with Crippen LogP contribution in [0.4, 0.5) is 0 Å². The Bertz CT molecular complexity index is 910. The predicted octanol–water partition coefficient (Wildman–Crippen LogP) is 4.96. The summed E-state index contributed by atoms with van der Waals surface area (Å²) in [4.78, 5) is 18.7. The number of carbonyl (C=O) groups excluding carboxylic acids is 1. The lowest BCUT2D eigenvalue weighted by Crippen LogP contribution is -2.26. The molecule has 0 aliphatic heterocycles. The van der Waals surface area contributed by atoms with Gasteiger partial charge in [0.1, 0.15) is 12.4 Å². The summed E-state index contributed by atoms with van der Waals surface area (Å²) < 4.78 is 5.77. The number of amides is 1. The number of benzene rings is 2. The van der Waals surface area contributed by atoms with Gasteiger partial charge in [-0.1, -0.05) is 35.9 Å². The largest absolute Gasteiger partial charge is 0.487 e. The van der Waals surface area contributed by atoms with Crippen molar-refractivity contribution in [1.82, 2.24) is 9.88 Å². The molecule has 26 heavy (non-hydrogen) atoms. The van der Waals surface area contributed by atoms with Crippen LogP contribution in [0.3, 0.4) is 0 Å². The van der Waals surface area contributed by atoms with Crippen LogP contribution in [0.15, 0.2) is 53.9 Å². The van der Waals surface area contributed by atoms with E-state index in [2.05, 4.69) is 4.98 Å². The van der Waals surface area contributed by atoms with Crippen molar-refractivity contribution in [3.05, 3.63) is 80.8 Å². The molecule has 0 radical (unpaired) electrons. The molecule has 0 fully saturated rings. The minimum absolute atomic E-state index is 0.0835. The minimum Gasteiger partial charge on any atom is -0.487 e. The van der Waals surface area contributed by atoms with Gasteiger partial charge in [0.25, 0.3) is 5.91 Å². The number of rotatable bonds is 6. The maximum Gasteiger partial charge on any atom is 0.254 e. The third kappa shape index (κ3) is 4.62. The molecule has 1 aromatic heterocycles. The zero-order chi connectivity index (χ0) is 18.5. The molecular weight excluding hydrogens is 368 g/mol. The molecule has 134 valence electrons. The first-order valence-electron chi connectivity index (χ1n) is 8.15. The van der Waals surface area contributed by atoms with Crippen LogP contribution in [0.25, 0.3) is 0 Å². The number of nitrogens with zero attached hydrogens (tertiary/aromatic N) is 2. The first kappa shape index (κ1) is 18.4. The Balaban J connectivity index is 1.66. The van der Waals surface area contributed by atoms with Crippen molar-refractivity contribution in [3.8, 4) is 5.75 Å². The van der Waals surface area contributed by atoms with Crippen molar-refractivity contribution in [2.24, 2.45) is 0 Å². The molecule has 3 aromatic rings. The van der Waals surface area contributed by atoms with Gasteiger partial charge in [0.05, 0.1) is 10.7 Å². The number of hydrogen-bond donors (Lipinski definition) is 0. The van der Waals surface area contributed by atoms with E-state index in [1.54, 1.807) is 35.4 Å². The van der Waals surface area contributed by atoms with Crippen molar-refractivity contribution in [2.45, 2.75) is 20.1 Å². The second-order valence-corrected chi connectivity index (χ2v) is 7.40. The molecule has 1 heterocycles. The van der Waals surface area contributed by atoms with Gasteiger partial charge in [-0.05, 0) is 36.8 Å². The lowest BCUT2D eigenvalue weighted by Gasteiger charge is -2.18. The molecule has 4 nitrogen and oxygen atoms in total. The van der Waals surface area contributed by atoms with E-state index >= 15 is 0 Å². The van der Waals surface area contributed by atoms with Crippen molar-refractivity contribution in [2.75, 3.05) is 7.05 Å². The van der Waals surface area contributed by atoms with Gasteiger partial charge < -0.3 is 9.64 Å². The van der Waals surface area contributed by atoms with Gasteiger partial charge >= 0.3 is 0 Å². The number of carbonyl (C=O) groups is 1. The Morgan fingerprint density at radius 1 is 1.23 bits per heavy atom. The van der Waals surface area contributed by atoms with E-state index in [1.807, 2.05) is 48.7 Å². The Morgan fingerprint density at radius 3 is 2.77 bits per heavy atom. The van der Waals surface area contributed by atoms with Crippen molar-refractivity contribution < 1.29 is 9.53 Å². The van der Waals surface area contributed by atoms with Gasteiger partial charge in [0.2, 0.25) is 0 Å². The summed E-state index contributed by atoms with van der Waals surface area (Å²) in [6.45, 7) is 2.79. The van der Waals surface area contributed by atoms with E-state index in [-0.39, 0.29) is 5.91 Å². The number of aryl methyl sites for hydroxylation is 1. The fourth-order valence-corrected chi connectivity index (χ4v) is 3.32. The van der Waals surface area contributed by atoms with Gasteiger partial charge in [-0.3, -0.25) is 4.79 Å². The van der Waals surface area contributed by atoms with Crippen LogP contribution in [0.2, 0.25) is 5.02 Å². The zero-order valence-corrected chi connectivity index (χ0v) is 16.2. The second kappa shape index (κ2) is 8.34. The lowest BCUT2D eigenvalue weighted by molar-refractivity contribution is 0.0784. The van der Waals surface area contributed by atoms with E-state index in [0.717, 1.165) is 16.3 Å². The van der Waals surface area contributed by atoms with Gasteiger partial charge in [0.15, 0.2) is 0 Å². The fourth-order valence-electron chi connectivity index (χ4n) is 2.53. The van der Waals surface area contributed by atoms with E-state index < -0.39 is 0 Å². The summed E-state index contributed by atoms with van der Waals surface area (Å²) in [7, 11) is 1.76. The van der Waals surface area contributed by atoms with E-state index in [4.69, 9.17) is 16.3 Å². The Hall–Kier alpha value is -2.37. The molecule has 2 aromatic carbocycles. The summed E-state index contributed by atoms with van der Waals surface area (Å²) in [6, 6.07) is 14.7. The molecule has 0 spiro atoms. The molecule has 0 bridgehead atoms. The standard InChI is InChI=1S/C20H19ClN2O2S/c1-14-22-17(13-26-14)12-25-18-8-5-7-15(10-18)20(24)23(2)11-16-6-3-4-9-19(16)21/h3-10,13H,11-12H2,1-2H3. The third-order valence-electron chi connectivity index (χ3n) is 3.85. The highest BCUT2D eigenvalue weighted by atomic mass is 35.5. The van der Waals surface area contributed by atoms with Crippen molar-refractivity contribution in [1.29, 1.82) is 0 Å². The van der Waals surface area contributed by atoms with E-state index in [9.17, 15) is 4.79 Å². The summed E-state index contributed by atoms with van der Waals surface area (Å²) in [5.74, 6) is 0.563. The van der Waals surface area contributed by atoms with Crippen molar-refractivity contribution >= 4 is 28.8 Å². The fraction of sp³-hybridized carbons (Fsp3) is 0.200. The maximum atomic E-state index is 12.7. The van der Waals surface area contributed by atoms with Crippen LogP contribution in [-0.2, 0) is 13.2 Å². The molecule has 0 atom stereocenters. The molecular formula is C20H19ClN2O2S. The molecule has 0 saturated heterocycles. The quantitative estimate of drug-likeness (QED) is 0.601. The van der Waals surface area contributed by atoms with Gasteiger partial charge in [-0.15, -0.1) is 11.3 Å². The lowest BCUT2D eigenvalue weighted by atomic mass is 10.1. The highest BCUT2D eigenvalue weighted by molar-refractivity contribution is 7.09. The predicted molar refractivity (Wildman–Crippen MR) is 105 cm³/mol. The van der Waals surface area contributed by atoms with Crippen molar-refractivity contribution in [3.63, 3.8) is 0 Å². The molecule has 3 rings (SSSR count). The Labute approximate surface area is 162 Å². The number of aromatic nitrogens is 1. The average molecular weight is 387 g/mol. The summed E-state index contributed by atoms with van der Waals surface area (Å²) in [5, 5.41) is 3.64. The molecule has 0 saturated carbocycles. The monoisotopic (exact) mass is 386 g/mol. The zero-order valence-electron chi connectivity index (χ0n) is 14.6. The minimum atomic E-state index is -0.0835. The van der Waals surface area contributed by atoms with Crippen LogP contribution < -0.4 is 4.74 Å². The summed E-state index contributed by atoms with van der Waals surface area (Å²) in [5.41, 5.74) is 2.38. The van der Waals surface area contributed by atoms with Gasteiger partial charge in [-0.25, -0.2) is 4.98 Å². The first-order chi connectivity index (χ1) is 12.5. The topological polar surface area (TPSA) is 42.4 Å². The average Bonchev–Trinajstić information content (AvgIpc) is 3.07. The summed E-state index contributed by atoms with van der Waals surface area (Å²) in [6.07, 6.45) is 0. The molecule has 1 amide bonds. The van der Waals surface area contributed by atoms with E-state index in [0.29, 0.717) is 29.5 Å². The van der Waals surface area contributed by atoms with Crippen LogP contribution >= 0.6 is 22.9 Å². The van der Waals surface area contributed by atoms with Crippen LogP contribution in [0.5, 0.6) is 5.75 Å². The molecule has 0 aliphatic rings. The molecule has 0 unspecified atom stereocenters. The number of ether oxygens (including phenoxy) is 1. The third-order valence-corrected chi connectivity index (χ3v) is 5.04. The molecule has 0 aliphatic carbocycles. The highest BCUT2D eigenvalue weighted by Crippen LogP contribution is 2.20. The Kier molecular flexibility index (Phi) is 5.91. The number of halogens is 1. The Morgan fingerprint density at radius 2 is 2.04 bits per heavy atom. The number of hydrogen-bond acceptors (Lipinski definition) is 4. The van der Waals surface area contributed by atoms with E-state index in [1.165, 1.54) is 0 Å². The first-order valence-corrected chi connectivity index (χ1v) is 9.41. The highest BCUT2D eigenvalue weighted by Gasteiger charge is 2.14. The smallest absolute Gasteiger partial charge is 0.254 e. The second-order valence-electron chi connectivity index (χ2n) is 5.93. The van der Waals surface area contributed by atoms with Crippen LogP contribution in [0.1, 0.15) is 26.6 Å². The molecule has 6 heteroatoms. The normalized spacial score (nSPS) is 10.6. The SMILES string of the molecule is Cc1nc(COc2cccc(C(=O)N(C)Cc3ccccc3Cl)c2)cs1. The maximum absolute atomic E-state index is 12.7. The molecule has 0 N–H and O–H groups in total. The van der Waals surface area contributed by atoms with Gasteiger partial charge in [0, 0.05) is 29.6 Å². The van der Waals surface area contributed by atoms with Crippen LogP contribution in [0, 0.1) is 6.92 Å². The van der Waals surface area contributed by atoms with Crippen LogP contribution in [-0.4, -0.2) is 22.8 Å².